The van der Waals surface area contributed by atoms with Crippen LogP contribution >= 0.6 is 31.9 Å². The molecule has 0 aromatic heterocycles. The summed E-state index contributed by atoms with van der Waals surface area (Å²) in [6.45, 7) is 6.33. The highest BCUT2D eigenvalue weighted by Gasteiger charge is 2.24. The minimum atomic E-state index is -0.230. The van der Waals surface area contributed by atoms with Gasteiger partial charge in [0.2, 0.25) is 0 Å². The van der Waals surface area contributed by atoms with Gasteiger partial charge in [-0.15, -0.1) is 0 Å². The van der Waals surface area contributed by atoms with Crippen LogP contribution in [-0.4, -0.2) is 20.4 Å². The summed E-state index contributed by atoms with van der Waals surface area (Å²) in [6, 6.07) is 25.6. The number of phenolic OH excluding ortho intramolecular Hbond substituents is 4. The number of halogens is 2. The average molecular weight is 614 g/mol. The normalized spacial score (nSPS) is 11.2. The summed E-state index contributed by atoms with van der Waals surface area (Å²) >= 11 is 6.68. The molecular formula is C30H30Br2O4. The zero-order chi connectivity index (χ0) is 26.5. The summed E-state index contributed by atoms with van der Waals surface area (Å²) in [5, 5.41) is 37.7. The van der Waals surface area contributed by atoms with Crippen molar-refractivity contribution in [3.05, 3.63) is 116 Å². The standard InChI is InChI=1S/C15H14Br2O2.C15H16O2/c1-15(2,9-3-5-13(18)11(16)7-9)10-4-6-14(19)12(17)8-10;1-2-15(11-3-7-13(16)8-4-11)12-5-9-14(17)10-6-12/h3-8,18-19H,1-2H3;3-10,15-17H,2H2,1H3. The smallest absolute Gasteiger partial charge is 0.129 e. The molecule has 0 bridgehead atoms. The molecule has 4 aromatic carbocycles. The van der Waals surface area contributed by atoms with Crippen LogP contribution in [0.3, 0.4) is 0 Å². The molecule has 36 heavy (non-hydrogen) atoms. The molecule has 0 fully saturated rings. The van der Waals surface area contributed by atoms with Gasteiger partial charge in [-0.3, -0.25) is 0 Å². The van der Waals surface area contributed by atoms with Gasteiger partial charge < -0.3 is 20.4 Å². The van der Waals surface area contributed by atoms with Crippen LogP contribution in [0.4, 0.5) is 0 Å². The second-order valence-electron chi connectivity index (χ2n) is 9.10. The predicted molar refractivity (Wildman–Crippen MR) is 152 cm³/mol. The van der Waals surface area contributed by atoms with E-state index in [9.17, 15) is 20.4 Å². The molecule has 6 heteroatoms. The number of phenols is 4. The van der Waals surface area contributed by atoms with Crippen LogP contribution in [0.1, 0.15) is 55.4 Å². The van der Waals surface area contributed by atoms with Crippen LogP contribution in [0, 0.1) is 0 Å². The van der Waals surface area contributed by atoms with Crippen molar-refractivity contribution in [3.63, 3.8) is 0 Å². The van der Waals surface area contributed by atoms with Crippen LogP contribution in [0.2, 0.25) is 0 Å². The molecule has 0 atom stereocenters. The first-order valence-electron chi connectivity index (χ1n) is 11.6. The van der Waals surface area contributed by atoms with Gasteiger partial charge in [0.05, 0.1) is 8.95 Å². The fourth-order valence-electron chi connectivity index (χ4n) is 4.04. The molecule has 0 saturated carbocycles. The van der Waals surface area contributed by atoms with Gasteiger partial charge in [-0.1, -0.05) is 57.2 Å². The minimum absolute atomic E-state index is 0.228. The molecule has 0 saturated heterocycles. The Bertz CT molecular complexity index is 1200. The Morgan fingerprint density at radius 1 is 0.611 bits per heavy atom. The van der Waals surface area contributed by atoms with Crippen molar-refractivity contribution in [2.45, 2.75) is 38.5 Å². The third-order valence-corrected chi connectivity index (χ3v) is 7.61. The van der Waals surface area contributed by atoms with E-state index < -0.39 is 0 Å². The molecule has 0 aliphatic carbocycles. The van der Waals surface area contributed by atoms with Crippen molar-refractivity contribution in [1.82, 2.24) is 0 Å². The summed E-state index contributed by atoms with van der Waals surface area (Å²) < 4.78 is 1.35. The summed E-state index contributed by atoms with van der Waals surface area (Å²) in [7, 11) is 0. The lowest BCUT2D eigenvalue weighted by Gasteiger charge is -2.27. The van der Waals surface area contributed by atoms with E-state index in [1.54, 1.807) is 36.4 Å². The Labute approximate surface area is 229 Å². The maximum absolute atomic E-state index is 9.57. The Morgan fingerprint density at radius 2 is 0.972 bits per heavy atom. The maximum Gasteiger partial charge on any atom is 0.129 e. The molecule has 0 heterocycles. The topological polar surface area (TPSA) is 80.9 Å². The first-order chi connectivity index (χ1) is 17.0. The number of benzene rings is 4. The predicted octanol–water partition coefficient (Wildman–Crippen LogP) is 8.59. The second-order valence-corrected chi connectivity index (χ2v) is 10.8. The largest absolute Gasteiger partial charge is 0.508 e. The van der Waals surface area contributed by atoms with Gasteiger partial charge in [-0.2, -0.15) is 0 Å². The lowest BCUT2D eigenvalue weighted by molar-refractivity contribution is 0.470. The van der Waals surface area contributed by atoms with E-state index >= 15 is 0 Å². The molecule has 188 valence electrons. The third kappa shape index (κ3) is 6.62. The van der Waals surface area contributed by atoms with Gasteiger partial charge in [0.25, 0.3) is 0 Å². The summed E-state index contributed by atoms with van der Waals surface area (Å²) in [5.74, 6) is 1.33. The molecule has 0 unspecified atom stereocenters. The zero-order valence-electron chi connectivity index (χ0n) is 20.4. The monoisotopic (exact) mass is 612 g/mol. The zero-order valence-corrected chi connectivity index (χ0v) is 23.6. The second kappa shape index (κ2) is 11.8. The molecule has 4 rings (SSSR count). The van der Waals surface area contributed by atoms with Crippen LogP contribution in [0.5, 0.6) is 23.0 Å². The molecule has 4 N–H and O–H groups in total. The molecule has 0 aliphatic heterocycles. The quantitative estimate of drug-likeness (QED) is 0.182. The van der Waals surface area contributed by atoms with Crippen molar-refractivity contribution in [2.75, 3.05) is 0 Å². The Kier molecular flexibility index (Phi) is 9.09. The fraction of sp³-hybridized carbons (Fsp3) is 0.200. The van der Waals surface area contributed by atoms with Gasteiger partial charge in [-0.25, -0.2) is 0 Å². The van der Waals surface area contributed by atoms with Gasteiger partial charge in [0, 0.05) is 11.3 Å². The van der Waals surface area contributed by atoms with Gasteiger partial charge in [0.1, 0.15) is 23.0 Å². The van der Waals surface area contributed by atoms with Crippen molar-refractivity contribution < 1.29 is 20.4 Å². The average Bonchev–Trinajstić information content (AvgIpc) is 2.85. The van der Waals surface area contributed by atoms with E-state index in [2.05, 4.69) is 52.6 Å². The van der Waals surface area contributed by atoms with E-state index in [-0.39, 0.29) is 28.4 Å². The highest BCUT2D eigenvalue weighted by molar-refractivity contribution is 9.10. The van der Waals surface area contributed by atoms with E-state index in [4.69, 9.17) is 0 Å². The summed E-state index contributed by atoms with van der Waals surface area (Å²) in [6.07, 6.45) is 0.982. The number of hydrogen-bond donors (Lipinski definition) is 4. The number of aromatic hydroxyl groups is 4. The summed E-state index contributed by atoms with van der Waals surface area (Å²) in [5.41, 5.74) is 4.28. The molecule has 0 amide bonds. The van der Waals surface area contributed by atoms with Crippen LogP contribution in [0.15, 0.2) is 93.9 Å². The van der Waals surface area contributed by atoms with Crippen LogP contribution in [-0.2, 0) is 5.41 Å². The highest BCUT2D eigenvalue weighted by Crippen LogP contribution is 2.38. The molecule has 4 nitrogen and oxygen atoms in total. The number of rotatable bonds is 5. The highest BCUT2D eigenvalue weighted by atomic mass is 79.9. The third-order valence-electron chi connectivity index (χ3n) is 6.34. The fourth-order valence-corrected chi connectivity index (χ4v) is 4.79. The molecular weight excluding hydrogens is 584 g/mol. The van der Waals surface area contributed by atoms with Crippen molar-refractivity contribution in [2.24, 2.45) is 0 Å². The van der Waals surface area contributed by atoms with Crippen LogP contribution in [0.25, 0.3) is 0 Å². The van der Waals surface area contributed by atoms with Gasteiger partial charge in [-0.05, 0) is 109 Å². The first kappa shape index (κ1) is 27.6. The summed E-state index contributed by atoms with van der Waals surface area (Å²) in [4.78, 5) is 0. The van der Waals surface area contributed by atoms with Gasteiger partial charge in [0.15, 0.2) is 0 Å². The van der Waals surface area contributed by atoms with Crippen molar-refractivity contribution in [1.29, 1.82) is 0 Å². The molecule has 0 radical (unpaired) electrons. The molecule has 4 aromatic rings. The van der Waals surface area contributed by atoms with Crippen molar-refractivity contribution >= 4 is 31.9 Å². The van der Waals surface area contributed by atoms with E-state index in [0.717, 1.165) is 17.5 Å². The Hall–Kier alpha value is -2.96. The van der Waals surface area contributed by atoms with E-state index in [1.165, 1.54) is 11.1 Å². The molecule has 0 aliphatic rings. The SMILES string of the molecule is CC(C)(c1ccc(O)c(Br)c1)c1ccc(O)c(Br)c1.CCC(c1ccc(O)cc1)c1ccc(O)cc1. The van der Waals surface area contributed by atoms with Crippen molar-refractivity contribution in [3.8, 4) is 23.0 Å². The Balaban J connectivity index is 0.000000202. The van der Waals surface area contributed by atoms with Gasteiger partial charge >= 0.3 is 0 Å². The van der Waals surface area contributed by atoms with E-state index in [1.807, 2.05) is 48.5 Å². The first-order valence-corrected chi connectivity index (χ1v) is 13.2. The Morgan fingerprint density at radius 3 is 1.28 bits per heavy atom. The minimum Gasteiger partial charge on any atom is -0.508 e. The maximum atomic E-state index is 9.57. The number of hydrogen-bond acceptors (Lipinski definition) is 4. The lowest BCUT2D eigenvalue weighted by Crippen LogP contribution is -2.18. The lowest BCUT2D eigenvalue weighted by atomic mass is 9.78. The van der Waals surface area contributed by atoms with E-state index in [0.29, 0.717) is 14.9 Å². The van der Waals surface area contributed by atoms with Crippen LogP contribution < -0.4 is 0 Å². The molecule has 0 spiro atoms.